The molecule has 0 saturated heterocycles. The average Bonchev–Trinajstić information content (AvgIpc) is 2.56. The summed E-state index contributed by atoms with van der Waals surface area (Å²) in [7, 11) is 1.56. The number of aromatic nitrogens is 1. The number of aromatic carboxylic acids is 1. The van der Waals surface area contributed by atoms with Gasteiger partial charge in [0.2, 0.25) is 0 Å². The summed E-state index contributed by atoms with van der Waals surface area (Å²) in [6.07, 6.45) is 2.84. The summed E-state index contributed by atoms with van der Waals surface area (Å²) >= 11 is 0. The van der Waals surface area contributed by atoms with Gasteiger partial charge in [0.05, 0.1) is 25.5 Å². The van der Waals surface area contributed by atoms with E-state index in [4.69, 9.17) is 14.6 Å². The number of benzene rings is 1. The second-order valence-corrected chi connectivity index (χ2v) is 4.42. The predicted octanol–water partition coefficient (Wildman–Crippen LogP) is 2.63. The summed E-state index contributed by atoms with van der Waals surface area (Å²) in [5, 5.41) is 12.9. The van der Waals surface area contributed by atoms with Crippen LogP contribution < -0.4 is 14.9 Å². The van der Waals surface area contributed by atoms with E-state index in [1.807, 2.05) is 25.1 Å². The normalized spacial score (nSPS) is 10.5. The Bertz CT molecular complexity index is 699. The molecule has 0 aliphatic carbocycles. The average molecular weight is 315 g/mol. The van der Waals surface area contributed by atoms with Gasteiger partial charge in [-0.05, 0) is 31.2 Å². The first-order valence-corrected chi connectivity index (χ1v) is 6.94. The van der Waals surface area contributed by atoms with Crippen LogP contribution in [0.3, 0.4) is 0 Å². The van der Waals surface area contributed by atoms with Crippen molar-refractivity contribution in [2.45, 2.75) is 6.92 Å². The third kappa shape index (κ3) is 4.19. The summed E-state index contributed by atoms with van der Waals surface area (Å²) in [5.41, 5.74) is 3.59. The Morgan fingerprint density at radius 1 is 1.39 bits per heavy atom. The van der Waals surface area contributed by atoms with Gasteiger partial charge in [-0.2, -0.15) is 5.10 Å². The molecule has 23 heavy (non-hydrogen) atoms. The zero-order valence-corrected chi connectivity index (χ0v) is 12.8. The number of methoxy groups -OCH3 is 1. The fourth-order valence-corrected chi connectivity index (χ4v) is 1.88. The van der Waals surface area contributed by atoms with Crippen molar-refractivity contribution in [3.8, 4) is 11.5 Å². The van der Waals surface area contributed by atoms with Gasteiger partial charge < -0.3 is 14.6 Å². The van der Waals surface area contributed by atoms with Crippen molar-refractivity contribution in [2.24, 2.45) is 5.10 Å². The largest absolute Gasteiger partial charge is 0.492 e. The molecule has 0 saturated carbocycles. The first-order valence-electron chi connectivity index (χ1n) is 6.94. The Labute approximate surface area is 133 Å². The van der Waals surface area contributed by atoms with Crippen LogP contribution in [0.4, 0.5) is 5.82 Å². The van der Waals surface area contributed by atoms with Crippen LogP contribution >= 0.6 is 0 Å². The SMILES string of the molecule is CCOc1cccc(/C=N/Nc2ccc(C(=O)O)cn2)c1OC. The van der Waals surface area contributed by atoms with Crippen molar-refractivity contribution in [1.82, 2.24) is 4.98 Å². The summed E-state index contributed by atoms with van der Waals surface area (Å²) in [6, 6.07) is 8.49. The molecule has 0 unspecified atom stereocenters. The van der Waals surface area contributed by atoms with Gasteiger partial charge in [-0.1, -0.05) is 6.07 Å². The number of nitrogens with one attached hydrogen (secondary N) is 1. The van der Waals surface area contributed by atoms with E-state index in [9.17, 15) is 4.79 Å². The number of hydrogen-bond donors (Lipinski definition) is 2. The molecule has 0 aliphatic rings. The number of pyridine rings is 1. The molecule has 0 spiro atoms. The molecule has 7 nitrogen and oxygen atoms in total. The maximum absolute atomic E-state index is 10.8. The van der Waals surface area contributed by atoms with Crippen molar-refractivity contribution >= 4 is 18.0 Å². The molecule has 7 heteroatoms. The van der Waals surface area contributed by atoms with Crippen LogP contribution in [0.2, 0.25) is 0 Å². The number of carboxylic acid groups (broad SMARTS) is 1. The fourth-order valence-electron chi connectivity index (χ4n) is 1.88. The minimum absolute atomic E-state index is 0.116. The van der Waals surface area contributed by atoms with Crippen LogP contribution in [-0.2, 0) is 0 Å². The summed E-state index contributed by atoms with van der Waals surface area (Å²) in [5.74, 6) is 0.646. The lowest BCUT2D eigenvalue weighted by molar-refractivity contribution is 0.0696. The van der Waals surface area contributed by atoms with E-state index in [1.54, 1.807) is 13.3 Å². The second-order valence-electron chi connectivity index (χ2n) is 4.42. The predicted molar refractivity (Wildman–Crippen MR) is 86.6 cm³/mol. The molecular formula is C16H17N3O4. The molecule has 1 heterocycles. The van der Waals surface area contributed by atoms with Crippen molar-refractivity contribution in [3.63, 3.8) is 0 Å². The van der Waals surface area contributed by atoms with Crippen LogP contribution in [0.25, 0.3) is 0 Å². The Morgan fingerprint density at radius 2 is 2.22 bits per heavy atom. The van der Waals surface area contributed by atoms with Crippen LogP contribution in [0.5, 0.6) is 11.5 Å². The van der Waals surface area contributed by atoms with Gasteiger partial charge in [0, 0.05) is 11.8 Å². The van der Waals surface area contributed by atoms with Crippen LogP contribution in [0.15, 0.2) is 41.6 Å². The third-order valence-corrected chi connectivity index (χ3v) is 2.91. The Kier molecular flexibility index (Phi) is 5.51. The number of para-hydroxylation sites is 1. The summed E-state index contributed by atoms with van der Waals surface area (Å²) in [4.78, 5) is 14.7. The van der Waals surface area contributed by atoms with Crippen molar-refractivity contribution in [2.75, 3.05) is 19.1 Å². The maximum Gasteiger partial charge on any atom is 0.337 e. The van der Waals surface area contributed by atoms with E-state index in [2.05, 4.69) is 15.5 Å². The lowest BCUT2D eigenvalue weighted by Gasteiger charge is -2.11. The molecule has 2 aromatic rings. The highest BCUT2D eigenvalue weighted by atomic mass is 16.5. The van der Waals surface area contributed by atoms with Crippen molar-refractivity contribution in [3.05, 3.63) is 47.7 Å². The number of ether oxygens (including phenoxy) is 2. The molecule has 2 rings (SSSR count). The summed E-state index contributed by atoms with van der Waals surface area (Å²) in [6.45, 7) is 2.43. The maximum atomic E-state index is 10.8. The molecular weight excluding hydrogens is 298 g/mol. The van der Waals surface area contributed by atoms with Crippen LogP contribution in [0.1, 0.15) is 22.8 Å². The minimum Gasteiger partial charge on any atom is -0.492 e. The number of anilines is 1. The zero-order valence-electron chi connectivity index (χ0n) is 12.8. The molecule has 0 fully saturated rings. The van der Waals surface area contributed by atoms with Crippen LogP contribution in [-0.4, -0.2) is 36.0 Å². The highest BCUT2D eigenvalue weighted by molar-refractivity contribution is 5.87. The van der Waals surface area contributed by atoms with E-state index in [0.29, 0.717) is 23.9 Å². The lowest BCUT2D eigenvalue weighted by Crippen LogP contribution is -2.00. The van der Waals surface area contributed by atoms with E-state index < -0.39 is 5.97 Å². The Hall–Kier alpha value is -3.09. The van der Waals surface area contributed by atoms with Gasteiger partial charge in [0.15, 0.2) is 11.5 Å². The minimum atomic E-state index is -1.02. The van der Waals surface area contributed by atoms with E-state index in [-0.39, 0.29) is 5.56 Å². The molecule has 0 amide bonds. The molecule has 0 aliphatic heterocycles. The second kappa shape index (κ2) is 7.79. The number of carbonyl (C=O) groups is 1. The van der Waals surface area contributed by atoms with E-state index in [1.165, 1.54) is 18.3 Å². The van der Waals surface area contributed by atoms with Crippen molar-refractivity contribution in [1.29, 1.82) is 0 Å². The third-order valence-electron chi connectivity index (χ3n) is 2.91. The molecule has 0 atom stereocenters. The number of hydrogen-bond acceptors (Lipinski definition) is 6. The standard InChI is InChI=1S/C16H17N3O4/c1-3-23-13-6-4-5-11(15(13)22-2)10-18-19-14-8-7-12(9-17-14)16(20)21/h4-10H,3H2,1-2H3,(H,17,19)(H,20,21)/b18-10+. The molecule has 1 aromatic heterocycles. The van der Waals surface area contributed by atoms with Gasteiger partial charge in [-0.15, -0.1) is 0 Å². The van der Waals surface area contributed by atoms with Crippen LogP contribution in [0, 0.1) is 0 Å². The number of carboxylic acids is 1. The topological polar surface area (TPSA) is 93.0 Å². The van der Waals surface area contributed by atoms with E-state index in [0.717, 1.165) is 5.56 Å². The first kappa shape index (κ1) is 16.3. The molecule has 0 bridgehead atoms. The fraction of sp³-hybridized carbons (Fsp3) is 0.188. The van der Waals surface area contributed by atoms with E-state index >= 15 is 0 Å². The van der Waals surface area contributed by atoms with Gasteiger partial charge >= 0.3 is 5.97 Å². The Balaban J connectivity index is 2.11. The smallest absolute Gasteiger partial charge is 0.337 e. The number of nitrogens with zero attached hydrogens (tertiary/aromatic N) is 2. The lowest BCUT2D eigenvalue weighted by atomic mass is 10.2. The number of rotatable bonds is 7. The Morgan fingerprint density at radius 3 is 2.83 bits per heavy atom. The molecule has 0 radical (unpaired) electrons. The van der Waals surface area contributed by atoms with Gasteiger partial charge in [-0.25, -0.2) is 9.78 Å². The van der Waals surface area contributed by atoms with Crippen molar-refractivity contribution < 1.29 is 19.4 Å². The summed E-state index contributed by atoms with van der Waals surface area (Å²) < 4.78 is 10.8. The molecule has 2 N–H and O–H groups in total. The molecule has 1 aromatic carbocycles. The highest BCUT2D eigenvalue weighted by Crippen LogP contribution is 2.29. The van der Waals surface area contributed by atoms with Gasteiger partial charge in [0.1, 0.15) is 5.82 Å². The van der Waals surface area contributed by atoms with Gasteiger partial charge in [-0.3, -0.25) is 5.43 Å². The first-order chi connectivity index (χ1) is 11.2. The quantitative estimate of drug-likeness (QED) is 0.602. The molecule has 120 valence electrons. The number of hydrazone groups is 1. The zero-order chi connectivity index (χ0) is 16.7. The van der Waals surface area contributed by atoms with Gasteiger partial charge in [0.25, 0.3) is 0 Å². The highest BCUT2D eigenvalue weighted by Gasteiger charge is 2.08. The monoisotopic (exact) mass is 315 g/mol.